The van der Waals surface area contributed by atoms with E-state index in [0.717, 1.165) is 25.4 Å². The van der Waals surface area contributed by atoms with E-state index in [4.69, 9.17) is 4.74 Å². The van der Waals surface area contributed by atoms with Crippen molar-refractivity contribution in [2.45, 2.75) is 26.1 Å². The van der Waals surface area contributed by atoms with Crippen molar-refractivity contribution in [3.8, 4) is 0 Å². The summed E-state index contributed by atoms with van der Waals surface area (Å²) < 4.78 is 43.3. The second-order valence-electron chi connectivity index (χ2n) is 5.60. The molecule has 1 unspecified atom stereocenters. The van der Waals surface area contributed by atoms with Gasteiger partial charge in [0.1, 0.15) is 5.69 Å². The molecule has 0 aliphatic carbocycles. The molecule has 1 fully saturated rings. The lowest BCUT2D eigenvalue weighted by Gasteiger charge is -2.36. The third-order valence-electron chi connectivity index (χ3n) is 3.70. The molecule has 0 saturated carbocycles. The van der Waals surface area contributed by atoms with Crippen molar-refractivity contribution in [1.29, 1.82) is 0 Å². The molecular weight excluding hydrogens is 297 g/mol. The SMILES string of the molecule is CC(C)C(CNc1nccc(C(F)(F)F)n1)N1CCOCC1. The molecule has 8 heteroatoms. The van der Waals surface area contributed by atoms with E-state index in [1.807, 2.05) is 0 Å². The summed E-state index contributed by atoms with van der Waals surface area (Å²) in [7, 11) is 0. The van der Waals surface area contributed by atoms with Crippen LogP contribution in [0.4, 0.5) is 19.1 Å². The first-order chi connectivity index (χ1) is 10.4. The van der Waals surface area contributed by atoms with Gasteiger partial charge in [0.15, 0.2) is 0 Å². The van der Waals surface area contributed by atoms with Gasteiger partial charge < -0.3 is 10.1 Å². The van der Waals surface area contributed by atoms with Gasteiger partial charge in [0.2, 0.25) is 5.95 Å². The summed E-state index contributed by atoms with van der Waals surface area (Å²) in [6, 6.07) is 1.06. The summed E-state index contributed by atoms with van der Waals surface area (Å²) in [5.74, 6) is 0.366. The highest BCUT2D eigenvalue weighted by Gasteiger charge is 2.33. The Morgan fingerprint density at radius 3 is 2.59 bits per heavy atom. The standard InChI is InChI=1S/C14H21F3N4O/c1-10(2)11(21-5-7-22-8-6-21)9-19-13-18-4-3-12(20-13)14(15,16)17/h3-4,10-11H,5-9H2,1-2H3,(H,18,19,20). The molecule has 0 bridgehead atoms. The van der Waals surface area contributed by atoms with E-state index in [2.05, 4.69) is 34.0 Å². The lowest BCUT2D eigenvalue weighted by molar-refractivity contribution is -0.141. The first kappa shape index (κ1) is 17.0. The molecule has 0 amide bonds. The fraction of sp³-hybridized carbons (Fsp3) is 0.714. The first-order valence-electron chi connectivity index (χ1n) is 7.34. The minimum absolute atomic E-state index is 0.00809. The van der Waals surface area contributed by atoms with Gasteiger partial charge in [-0.3, -0.25) is 4.90 Å². The van der Waals surface area contributed by atoms with Crippen molar-refractivity contribution in [2.24, 2.45) is 5.92 Å². The monoisotopic (exact) mass is 318 g/mol. The minimum atomic E-state index is -4.46. The first-order valence-corrected chi connectivity index (χ1v) is 7.34. The van der Waals surface area contributed by atoms with Crippen molar-refractivity contribution in [3.05, 3.63) is 18.0 Å². The van der Waals surface area contributed by atoms with Crippen LogP contribution in [0.3, 0.4) is 0 Å². The van der Waals surface area contributed by atoms with Gasteiger partial charge >= 0.3 is 6.18 Å². The lowest BCUT2D eigenvalue weighted by atomic mass is 10.0. The smallest absolute Gasteiger partial charge is 0.379 e. The molecule has 1 saturated heterocycles. The molecule has 22 heavy (non-hydrogen) atoms. The summed E-state index contributed by atoms with van der Waals surface area (Å²) in [5, 5.41) is 2.93. The predicted molar refractivity (Wildman–Crippen MR) is 76.5 cm³/mol. The van der Waals surface area contributed by atoms with Crippen LogP contribution in [-0.2, 0) is 10.9 Å². The van der Waals surface area contributed by atoms with Crippen molar-refractivity contribution in [1.82, 2.24) is 14.9 Å². The number of hydrogen-bond acceptors (Lipinski definition) is 5. The van der Waals surface area contributed by atoms with Crippen LogP contribution in [-0.4, -0.2) is 53.8 Å². The molecule has 124 valence electrons. The summed E-state index contributed by atoms with van der Waals surface area (Å²) in [6.45, 7) is 7.71. The van der Waals surface area contributed by atoms with Crippen LogP contribution < -0.4 is 5.32 Å². The van der Waals surface area contributed by atoms with Gasteiger partial charge in [-0.25, -0.2) is 9.97 Å². The van der Waals surface area contributed by atoms with Gasteiger partial charge in [-0.1, -0.05) is 13.8 Å². The summed E-state index contributed by atoms with van der Waals surface area (Å²) in [4.78, 5) is 9.68. The molecule has 2 rings (SSSR count). The number of hydrogen-bond donors (Lipinski definition) is 1. The molecule has 1 aromatic heterocycles. The maximum Gasteiger partial charge on any atom is 0.433 e. The highest BCUT2D eigenvalue weighted by Crippen LogP contribution is 2.27. The molecular formula is C14H21F3N4O. The number of aromatic nitrogens is 2. The molecule has 1 aliphatic rings. The van der Waals surface area contributed by atoms with E-state index < -0.39 is 11.9 Å². The normalized spacial score (nSPS) is 18.5. The molecule has 0 aromatic carbocycles. The molecule has 5 nitrogen and oxygen atoms in total. The van der Waals surface area contributed by atoms with E-state index >= 15 is 0 Å². The highest BCUT2D eigenvalue weighted by molar-refractivity contribution is 5.26. The molecule has 1 atom stereocenters. The zero-order valence-corrected chi connectivity index (χ0v) is 12.7. The van der Waals surface area contributed by atoms with Gasteiger partial charge in [0.25, 0.3) is 0 Å². The van der Waals surface area contributed by atoms with Crippen LogP contribution in [0.2, 0.25) is 0 Å². The Bertz CT molecular complexity index is 475. The van der Waals surface area contributed by atoms with Gasteiger partial charge in [0, 0.05) is 31.9 Å². The quantitative estimate of drug-likeness (QED) is 0.902. The van der Waals surface area contributed by atoms with Gasteiger partial charge in [-0.15, -0.1) is 0 Å². The Balaban J connectivity index is 2.00. The molecule has 1 aliphatic heterocycles. The third kappa shape index (κ3) is 4.54. The number of alkyl halides is 3. The van der Waals surface area contributed by atoms with Gasteiger partial charge in [0.05, 0.1) is 13.2 Å². The number of anilines is 1. The minimum Gasteiger partial charge on any atom is -0.379 e. The average Bonchev–Trinajstić information content (AvgIpc) is 2.48. The Morgan fingerprint density at radius 2 is 2.00 bits per heavy atom. The van der Waals surface area contributed by atoms with E-state index in [1.165, 1.54) is 0 Å². The van der Waals surface area contributed by atoms with Crippen LogP contribution in [0.25, 0.3) is 0 Å². The fourth-order valence-electron chi connectivity index (χ4n) is 2.49. The van der Waals surface area contributed by atoms with E-state index in [0.29, 0.717) is 25.7 Å². The zero-order valence-electron chi connectivity index (χ0n) is 12.7. The van der Waals surface area contributed by atoms with Crippen LogP contribution in [0.1, 0.15) is 19.5 Å². The Hall–Kier alpha value is -1.41. The van der Waals surface area contributed by atoms with Gasteiger partial charge in [-0.05, 0) is 12.0 Å². The molecule has 1 N–H and O–H groups in total. The Morgan fingerprint density at radius 1 is 1.32 bits per heavy atom. The number of nitrogens with zero attached hydrogens (tertiary/aromatic N) is 3. The second-order valence-corrected chi connectivity index (χ2v) is 5.60. The van der Waals surface area contributed by atoms with E-state index in [1.54, 1.807) is 0 Å². The highest BCUT2D eigenvalue weighted by atomic mass is 19.4. The second kappa shape index (κ2) is 7.23. The largest absolute Gasteiger partial charge is 0.433 e. The van der Waals surface area contributed by atoms with Crippen molar-refractivity contribution < 1.29 is 17.9 Å². The average molecular weight is 318 g/mol. The lowest BCUT2D eigenvalue weighted by Crippen LogP contribution is -2.49. The van der Waals surface area contributed by atoms with E-state index in [9.17, 15) is 13.2 Å². The molecule has 2 heterocycles. The van der Waals surface area contributed by atoms with Crippen LogP contribution in [0, 0.1) is 5.92 Å². The zero-order chi connectivity index (χ0) is 16.2. The number of morpholine rings is 1. The topological polar surface area (TPSA) is 50.3 Å². The van der Waals surface area contributed by atoms with Crippen LogP contribution in [0.5, 0.6) is 0 Å². The third-order valence-corrected chi connectivity index (χ3v) is 3.70. The Labute approximate surface area is 127 Å². The number of ether oxygens (including phenoxy) is 1. The van der Waals surface area contributed by atoms with Crippen molar-refractivity contribution in [2.75, 3.05) is 38.2 Å². The predicted octanol–water partition coefficient (Wildman–Crippen LogP) is 2.26. The molecule has 1 aromatic rings. The van der Waals surface area contributed by atoms with Gasteiger partial charge in [-0.2, -0.15) is 13.2 Å². The number of nitrogens with one attached hydrogen (secondary N) is 1. The van der Waals surface area contributed by atoms with Crippen molar-refractivity contribution in [3.63, 3.8) is 0 Å². The molecule has 0 radical (unpaired) electrons. The van der Waals surface area contributed by atoms with Crippen LogP contribution >= 0.6 is 0 Å². The maximum atomic E-state index is 12.6. The van der Waals surface area contributed by atoms with Crippen molar-refractivity contribution >= 4 is 5.95 Å². The summed E-state index contributed by atoms with van der Waals surface area (Å²) >= 11 is 0. The fourth-order valence-corrected chi connectivity index (χ4v) is 2.49. The van der Waals surface area contributed by atoms with E-state index in [-0.39, 0.29) is 12.0 Å². The summed E-state index contributed by atoms with van der Waals surface area (Å²) in [6.07, 6.45) is -3.34. The number of rotatable bonds is 5. The maximum absolute atomic E-state index is 12.6. The molecule has 0 spiro atoms. The summed E-state index contributed by atoms with van der Waals surface area (Å²) in [5.41, 5.74) is -0.933. The number of halogens is 3. The Kier molecular flexibility index (Phi) is 5.57. The van der Waals surface area contributed by atoms with Crippen LogP contribution in [0.15, 0.2) is 12.3 Å².